The Morgan fingerprint density at radius 1 is 1.33 bits per heavy atom. The second-order valence-electron chi connectivity index (χ2n) is 5.17. The van der Waals surface area contributed by atoms with Gasteiger partial charge in [0.25, 0.3) is 0 Å². The summed E-state index contributed by atoms with van der Waals surface area (Å²) in [7, 11) is 1.84. The third kappa shape index (κ3) is 2.34. The minimum absolute atomic E-state index is 0.0633. The zero-order valence-corrected chi connectivity index (χ0v) is 11.3. The Kier molecular flexibility index (Phi) is 3.57. The van der Waals surface area contributed by atoms with Crippen LogP contribution in [0.15, 0.2) is 18.2 Å². The molecule has 2 N–H and O–H groups in total. The topological polar surface area (TPSA) is 49.6 Å². The summed E-state index contributed by atoms with van der Waals surface area (Å²) in [5.74, 6) is 0.340. The maximum Gasteiger partial charge on any atom is 0.324 e. The van der Waals surface area contributed by atoms with Crippen LogP contribution in [0.5, 0.6) is 0 Å². The monoisotopic (exact) mass is 247 g/mol. The molecule has 0 spiro atoms. The Bertz CT molecular complexity index is 458. The Hall–Kier alpha value is -1.55. The van der Waals surface area contributed by atoms with Gasteiger partial charge in [-0.05, 0) is 37.6 Å². The summed E-state index contributed by atoms with van der Waals surface area (Å²) >= 11 is 0. The lowest BCUT2D eigenvalue weighted by atomic mass is 10.0. The molecule has 18 heavy (non-hydrogen) atoms. The number of carbonyl (C=O) groups excluding carboxylic acids is 1. The van der Waals surface area contributed by atoms with Gasteiger partial charge >= 0.3 is 6.03 Å². The Labute approximate surface area is 108 Å². The van der Waals surface area contributed by atoms with Gasteiger partial charge in [0, 0.05) is 31.7 Å². The first-order chi connectivity index (χ1) is 8.52. The van der Waals surface area contributed by atoms with E-state index >= 15 is 0 Å². The lowest BCUT2D eigenvalue weighted by molar-refractivity contribution is 0.194. The number of aryl methyl sites for hydroxylation is 2. The van der Waals surface area contributed by atoms with Gasteiger partial charge in [0.2, 0.25) is 0 Å². The van der Waals surface area contributed by atoms with Crippen LogP contribution in [0.1, 0.15) is 11.1 Å². The summed E-state index contributed by atoms with van der Waals surface area (Å²) in [5.41, 5.74) is 9.05. The second kappa shape index (κ2) is 4.98. The molecule has 1 heterocycles. The molecule has 1 aromatic rings. The van der Waals surface area contributed by atoms with Crippen molar-refractivity contribution in [1.29, 1.82) is 0 Å². The summed E-state index contributed by atoms with van der Waals surface area (Å²) in [6.07, 6.45) is 0. The molecule has 1 saturated heterocycles. The fraction of sp³-hybridized carbons (Fsp3) is 0.500. The Morgan fingerprint density at radius 2 is 2.06 bits per heavy atom. The molecule has 1 aromatic carbocycles. The van der Waals surface area contributed by atoms with Crippen molar-refractivity contribution in [2.24, 2.45) is 11.7 Å². The molecular weight excluding hydrogens is 226 g/mol. The maximum atomic E-state index is 12.3. The minimum Gasteiger partial charge on any atom is -0.330 e. The number of nitrogens with zero attached hydrogens (tertiary/aromatic N) is 2. The van der Waals surface area contributed by atoms with E-state index in [2.05, 4.69) is 18.2 Å². The Balaban J connectivity index is 2.35. The van der Waals surface area contributed by atoms with E-state index in [1.165, 1.54) is 5.56 Å². The molecule has 1 unspecified atom stereocenters. The van der Waals surface area contributed by atoms with Crippen LogP contribution in [0.3, 0.4) is 0 Å². The molecule has 1 atom stereocenters. The molecule has 4 heteroatoms. The van der Waals surface area contributed by atoms with E-state index in [1.54, 1.807) is 4.90 Å². The largest absolute Gasteiger partial charge is 0.330 e. The van der Waals surface area contributed by atoms with E-state index in [-0.39, 0.29) is 6.03 Å². The van der Waals surface area contributed by atoms with Gasteiger partial charge in [-0.1, -0.05) is 12.1 Å². The molecule has 0 saturated carbocycles. The molecule has 0 bridgehead atoms. The van der Waals surface area contributed by atoms with Gasteiger partial charge in [0.05, 0.1) is 0 Å². The third-order valence-corrected chi connectivity index (χ3v) is 3.52. The summed E-state index contributed by atoms with van der Waals surface area (Å²) in [5, 5.41) is 0. The second-order valence-corrected chi connectivity index (χ2v) is 5.17. The molecule has 4 nitrogen and oxygen atoms in total. The maximum absolute atomic E-state index is 12.3. The summed E-state index contributed by atoms with van der Waals surface area (Å²) in [6.45, 7) is 6.15. The molecule has 1 fully saturated rings. The van der Waals surface area contributed by atoms with Crippen molar-refractivity contribution in [3.05, 3.63) is 29.3 Å². The number of hydrogen-bond acceptors (Lipinski definition) is 2. The van der Waals surface area contributed by atoms with Crippen molar-refractivity contribution in [1.82, 2.24) is 4.90 Å². The van der Waals surface area contributed by atoms with Crippen LogP contribution in [0.4, 0.5) is 10.5 Å². The van der Waals surface area contributed by atoms with Gasteiger partial charge < -0.3 is 10.6 Å². The van der Waals surface area contributed by atoms with Gasteiger partial charge in [0.1, 0.15) is 0 Å². The average Bonchev–Trinajstić information content (AvgIpc) is 2.35. The van der Waals surface area contributed by atoms with Crippen LogP contribution in [0.2, 0.25) is 0 Å². The van der Waals surface area contributed by atoms with E-state index in [9.17, 15) is 4.79 Å². The lowest BCUT2D eigenvalue weighted by Gasteiger charge is -2.38. The van der Waals surface area contributed by atoms with Crippen LogP contribution in [0.25, 0.3) is 0 Å². The van der Waals surface area contributed by atoms with Crippen molar-refractivity contribution in [3.63, 3.8) is 0 Å². The zero-order valence-electron chi connectivity index (χ0n) is 11.3. The van der Waals surface area contributed by atoms with Gasteiger partial charge in [-0.3, -0.25) is 4.90 Å². The molecule has 98 valence electrons. The van der Waals surface area contributed by atoms with E-state index in [0.29, 0.717) is 19.0 Å². The van der Waals surface area contributed by atoms with Gasteiger partial charge in [-0.15, -0.1) is 0 Å². The number of rotatable bonds is 2. The van der Waals surface area contributed by atoms with Crippen molar-refractivity contribution in [3.8, 4) is 0 Å². The average molecular weight is 247 g/mol. The smallest absolute Gasteiger partial charge is 0.324 e. The normalized spacial score (nSPS) is 20.4. The minimum atomic E-state index is 0.0633. The molecule has 1 aliphatic rings. The van der Waals surface area contributed by atoms with Crippen LogP contribution in [0, 0.1) is 19.8 Å². The SMILES string of the molecule is Cc1ccc(C)c(N2CC(CN)CN(C)C2=O)c1. The van der Waals surface area contributed by atoms with Crippen molar-refractivity contribution in [2.75, 3.05) is 31.6 Å². The first-order valence-electron chi connectivity index (χ1n) is 6.33. The number of anilines is 1. The fourth-order valence-corrected chi connectivity index (χ4v) is 2.43. The number of nitrogens with two attached hydrogens (primary N) is 1. The van der Waals surface area contributed by atoms with Crippen LogP contribution < -0.4 is 10.6 Å². The molecule has 1 aliphatic heterocycles. The van der Waals surface area contributed by atoms with E-state index in [4.69, 9.17) is 5.73 Å². The van der Waals surface area contributed by atoms with E-state index < -0.39 is 0 Å². The van der Waals surface area contributed by atoms with Gasteiger partial charge in [0.15, 0.2) is 0 Å². The highest BCUT2D eigenvalue weighted by Gasteiger charge is 2.30. The molecule has 0 aliphatic carbocycles. The molecule has 2 amide bonds. The number of amides is 2. The van der Waals surface area contributed by atoms with Crippen LogP contribution >= 0.6 is 0 Å². The highest BCUT2D eigenvalue weighted by Crippen LogP contribution is 2.26. The summed E-state index contributed by atoms with van der Waals surface area (Å²) < 4.78 is 0. The molecule has 0 aromatic heterocycles. The summed E-state index contributed by atoms with van der Waals surface area (Å²) in [6, 6.07) is 6.26. The van der Waals surface area contributed by atoms with Gasteiger partial charge in [-0.25, -0.2) is 4.79 Å². The first kappa shape index (κ1) is 12.9. The lowest BCUT2D eigenvalue weighted by Crippen LogP contribution is -2.53. The van der Waals surface area contributed by atoms with Crippen LogP contribution in [-0.2, 0) is 0 Å². The molecular formula is C14H21N3O. The summed E-state index contributed by atoms with van der Waals surface area (Å²) in [4.78, 5) is 15.9. The highest BCUT2D eigenvalue weighted by molar-refractivity contribution is 5.93. The standard InChI is InChI=1S/C14H21N3O/c1-10-4-5-11(2)13(6-10)17-9-12(7-15)8-16(3)14(17)18/h4-6,12H,7-9,15H2,1-3H3. The number of urea groups is 1. The van der Waals surface area contributed by atoms with Crippen molar-refractivity contribution in [2.45, 2.75) is 13.8 Å². The van der Waals surface area contributed by atoms with Gasteiger partial charge in [-0.2, -0.15) is 0 Å². The van der Waals surface area contributed by atoms with E-state index in [0.717, 1.165) is 17.8 Å². The highest BCUT2D eigenvalue weighted by atomic mass is 16.2. The number of carbonyl (C=O) groups is 1. The predicted octanol–water partition coefficient (Wildman–Crippen LogP) is 1.75. The Morgan fingerprint density at radius 3 is 2.72 bits per heavy atom. The zero-order chi connectivity index (χ0) is 13.3. The quantitative estimate of drug-likeness (QED) is 0.865. The fourth-order valence-electron chi connectivity index (χ4n) is 2.43. The molecule has 2 rings (SSSR count). The van der Waals surface area contributed by atoms with Crippen molar-refractivity contribution >= 4 is 11.7 Å². The van der Waals surface area contributed by atoms with E-state index in [1.807, 2.05) is 25.8 Å². The van der Waals surface area contributed by atoms with Crippen LogP contribution in [-0.4, -0.2) is 37.6 Å². The predicted molar refractivity (Wildman–Crippen MR) is 73.8 cm³/mol. The first-order valence-corrected chi connectivity index (χ1v) is 6.33. The number of benzene rings is 1. The van der Waals surface area contributed by atoms with Crippen molar-refractivity contribution < 1.29 is 4.79 Å². The molecule has 0 radical (unpaired) electrons. The third-order valence-electron chi connectivity index (χ3n) is 3.52. The number of hydrogen-bond donors (Lipinski definition) is 1.